The van der Waals surface area contributed by atoms with E-state index in [-0.39, 0.29) is 0 Å². The van der Waals surface area contributed by atoms with E-state index in [0.29, 0.717) is 5.41 Å². The van der Waals surface area contributed by atoms with E-state index in [1.807, 2.05) is 0 Å². The highest BCUT2D eigenvalue weighted by atomic mass is 14.4. The first-order chi connectivity index (χ1) is 13.2. The predicted octanol–water partition coefficient (Wildman–Crippen LogP) is 10.5. The summed E-state index contributed by atoms with van der Waals surface area (Å²) in [5.41, 5.74) is 0.659. The van der Waals surface area contributed by atoms with Crippen LogP contribution < -0.4 is 0 Å². The van der Waals surface area contributed by atoms with Crippen LogP contribution in [0.4, 0.5) is 0 Å². The van der Waals surface area contributed by atoms with E-state index >= 15 is 0 Å². The zero-order valence-corrected chi connectivity index (χ0v) is 20.2. The molecule has 0 amide bonds. The Hall–Kier alpha value is 0. The molecule has 0 bridgehead atoms. The van der Waals surface area contributed by atoms with Crippen molar-refractivity contribution in [2.75, 3.05) is 0 Å². The maximum absolute atomic E-state index is 2.41. The molecule has 0 radical (unpaired) electrons. The van der Waals surface area contributed by atoms with Crippen LogP contribution in [0.3, 0.4) is 0 Å². The Morgan fingerprint density at radius 2 is 0.815 bits per heavy atom. The van der Waals surface area contributed by atoms with Gasteiger partial charge >= 0.3 is 0 Å². The van der Waals surface area contributed by atoms with E-state index in [9.17, 15) is 0 Å². The standard InChI is InChI=1S/C27H56/c1-6-11-12-13-14-15-16-17-18-19-20-22-26(21-7-2)27(23-8-3,24-9-4)25-10-5/h26H,6-25H2,1-5H3. The topological polar surface area (TPSA) is 0 Å². The van der Waals surface area contributed by atoms with Crippen molar-refractivity contribution >= 4 is 0 Å². The molecule has 27 heavy (non-hydrogen) atoms. The molecule has 0 fully saturated rings. The first-order valence-corrected chi connectivity index (χ1v) is 13.2. The van der Waals surface area contributed by atoms with Crippen LogP contribution in [-0.4, -0.2) is 0 Å². The largest absolute Gasteiger partial charge is 0.0654 e. The third-order valence-electron chi connectivity index (χ3n) is 6.90. The third kappa shape index (κ3) is 13.0. The molecule has 1 unspecified atom stereocenters. The van der Waals surface area contributed by atoms with Crippen LogP contribution in [0.15, 0.2) is 0 Å². The summed E-state index contributed by atoms with van der Waals surface area (Å²) in [6, 6.07) is 0. The van der Waals surface area contributed by atoms with Crippen LogP contribution in [0, 0.1) is 11.3 Å². The average molecular weight is 381 g/mol. The number of hydrogen-bond donors (Lipinski definition) is 0. The van der Waals surface area contributed by atoms with E-state index < -0.39 is 0 Å². The molecule has 0 heterocycles. The van der Waals surface area contributed by atoms with Crippen molar-refractivity contribution < 1.29 is 0 Å². The lowest BCUT2D eigenvalue weighted by molar-refractivity contribution is 0.0909. The van der Waals surface area contributed by atoms with Gasteiger partial charge in [-0.15, -0.1) is 0 Å². The second kappa shape index (κ2) is 19.3. The fourth-order valence-corrected chi connectivity index (χ4v) is 5.64. The molecule has 1 atom stereocenters. The highest BCUT2D eigenvalue weighted by Crippen LogP contribution is 2.46. The first-order valence-electron chi connectivity index (χ1n) is 13.2. The van der Waals surface area contributed by atoms with Gasteiger partial charge in [0.25, 0.3) is 0 Å². The van der Waals surface area contributed by atoms with Gasteiger partial charge in [-0.2, -0.15) is 0 Å². The summed E-state index contributed by atoms with van der Waals surface area (Å²) in [6.45, 7) is 11.9. The van der Waals surface area contributed by atoms with E-state index in [4.69, 9.17) is 0 Å². The lowest BCUT2D eigenvalue weighted by atomic mass is 9.63. The Bertz CT molecular complexity index is 263. The van der Waals surface area contributed by atoms with Crippen molar-refractivity contribution in [2.24, 2.45) is 11.3 Å². The van der Waals surface area contributed by atoms with Crippen molar-refractivity contribution in [1.29, 1.82) is 0 Å². The molecule has 0 saturated heterocycles. The van der Waals surface area contributed by atoms with Crippen LogP contribution in [0.25, 0.3) is 0 Å². The molecule has 0 nitrogen and oxygen atoms in total. The summed E-state index contributed by atoms with van der Waals surface area (Å²) in [6.07, 6.45) is 29.0. The van der Waals surface area contributed by atoms with Crippen molar-refractivity contribution in [3.8, 4) is 0 Å². The molecule has 0 saturated carbocycles. The Kier molecular flexibility index (Phi) is 19.3. The summed E-state index contributed by atoms with van der Waals surface area (Å²) in [5.74, 6) is 0.987. The third-order valence-corrected chi connectivity index (χ3v) is 6.90. The van der Waals surface area contributed by atoms with Crippen molar-refractivity contribution in [3.05, 3.63) is 0 Å². The zero-order valence-electron chi connectivity index (χ0n) is 20.2. The molecule has 0 aliphatic heterocycles. The fraction of sp³-hybridized carbons (Fsp3) is 1.00. The summed E-state index contributed by atoms with van der Waals surface area (Å²) < 4.78 is 0. The number of rotatable bonds is 21. The molecule has 0 aromatic rings. The van der Waals surface area contributed by atoms with Gasteiger partial charge in [-0.05, 0) is 37.0 Å². The second-order valence-electron chi connectivity index (χ2n) is 9.42. The normalized spacial score (nSPS) is 13.2. The second-order valence-corrected chi connectivity index (χ2v) is 9.42. The van der Waals surface area contributed by atoms with Gasteiger partial charge in [0.15, 0.2) is 0 Å². The van der Waals surface area contributed by atoms with Crippen LogP contribution in [0.5, 0.6) is 0 Å². The number of unbranched alkanes of at least 4 members (excludes halogenated alkanes) is 10. The quantitative estimate of drug-likeness (QED) is 0.174. The molecule has 0 aromatic heterocycles. The van der Waals surface area contributed by atoms with Crippen molar-refractivity contribution in [2.45, 2.75) is 163 Å². The number of hydrogen-bond acceptors (Lipinski definition) is 0. The molecule has 0 heteroatoms. The zero-order chi connectivity index (χ0) is 20.2. The summed E-state index contributed by atoms with van der Waals surface area (Å²) in [5, 5.41) is 0. The van der Waals surface area contributed by atoms with Gasteiger partial charge in [0, 0.05) is 0 Å². The molecule has 0 N–H and O–H groups in total. The van der Waals surface area contributed by atoms with Gasteiger partial charge in [0.1, 0.15) is 0 Å². The van der Waals surface area contributed by atoms with E-state index in [1.165, 1.54) is 128 Å². The Morgan fingerprint density at radius 1 is 0.407 bits per heavy atom. The van der Waals surface area contributed by atoms with Crippen molar-refractivity contribution in [3.63, 3.8) is 0 Å². The maximum Gasteiger partial charge on any atom is -0.0269 e. The SMILES string of the molecule is CCCCCCCCCCCCCC(CCC)C(CCC)(CCC)CCC. The van der Waals surface area contributed by atoms with E-state index in [1.54, 1.807) is 0 Å². The van der Waals surface area contributed by atoms with Crippen molar-refractivity contribution in [1.82, 2.24) is 0 Å². The lowest BCUT2D eigenvalue weighted by Crippen LogP contribution is -2.31. The average Bonchev–Trinajstić information content (AvgIpc) is 2.65. The highest BCUT2D eigenvalue weighted by Gasteiger charge is 2.35. The predicted molar refractivity (Wildman–Crippen MR) is 127 cm³/mol. The first kappa shape index (κ1) is 27.0. The monoisotopic (exact) mass is 380 g/mol. The minimum atomic E-state index is 0.659. The molecular formula is C27H56. The molecular weight excluding hydrogens is 324 g/mol. The minimum Gasteiger partial charge on any atom is -0.0654 e. The van der Waals surface area contributed by atoms with Gasteiger partial charge in [-0.3, -0.25) is 0 Å². The fourth-order valence-electron chi connectivity index (χ4n) is 5.64. The van der Waals surface area contributed by atoms with Gasteiger partial charge in [0.2, 0.25) is 0 Å². The van der Waals surface area contributed by atoms with Gasteiger partial charge < -0.3 is 0 Å². The molecule has 164 valence electrons. The molecule has 0 aromatic carbocycles. The molecule has 0 aliphatic carbocycles. The van der Waals surface area contributed by atoms with E-state index in [0.717, 1.165) is 5.92 Å². The van der Waals surface area contributed by atoms with Crippen LogP contribution in [-0.2, 0) is 0 Å². The Balaban J connectivity index is 4.14. The summed E-state index contributed by atoms with van der Waals surface area (Å²) in [7, 11) is 0. The lowest BCUT2D eigenvalue weighted by Gasteiger charge is -2.42. The summed E-state index contributed by atoms with van der Waals surface area (Å²) >= 11 is 0. The smallest absolute Gasteiger partial charge is 0.0269 e. The van der Waals surface area contributed by atoms with Gasteiger partial charge in [-0.1, -0.05) is 137 Å². The van der Waals surface area contributed by atoms with Crippen LogP contribution in [0.2, 0.25) is 0 Å². The molecule has 0 spiro atoms. The molecule has 0 rings (SSSR count). The van der Waals surface area contributed by atoms with Crippen LogP contribution >= 0.6 is 0 Å². The Morgan fingerprint density at radius 3 is 1.19 bits per heavy atom. The summed E-state index contributed by atoms with van der Waals surface area (Å²) in [4.78, 5) is 0. The van der Waals surface area contributed by atoms with Crippen LogP contribution in [0.1, 0.15) is 163 Å². The molecule has 0 aliphatic rings. The maximum atomic E-state index is 2.41. The minimum absolute atomic E-state index is 0.659. The highest BCUT2D eigenvalue weighted by molar-refractivity contribution is 4.86. The van der Waals surface area contributed by atoms with Gasteiger partial charge in [-0.25, -0.2) is 0 Å². The van der Waals surface area contributed by atoms with E-state index in [2.05, 4.69) is 34.6 Å². The van der Waals surface area contributed by atoms with Gasteiger partial charge in [0.05, 0.1) is 0 Å². The Labute approximate surface area is 174 Å².